The minimum Gasteiger partial charge on any atom is -0.422 e. The van der Waals surface area contributed by atoms with E-state index in [9.17, 15) is 9.59 Å². The number of carbonyl (C=O) groups is 1. The Hall–Kier alpha value is -3.77. The number of hydrogen-bond acceptors (Lipinski definition) is 5. The molecule has 0 spiro atoms. The molecule has 2 aromatic heterocycles. The van der Waals surface area contributed by atoms with Crippen molar-refractivity contribution in [2.75, 3.05) is 5.32 Å². The van der Waals surface area contributed by atoms with Crippen molar-refractivity contribution in [3.8, 4) is 10.6 Å². The lowest BCUT2D eigenvalue weighted by Crippen LogP contribution is -2.20. The van der Waals surface area contributed by atoms with E-state index in [0.29, 0.717) is 16.7 Å². The highest BCUT2D eigenvalue weighted by atomic mass is 32.1. The predicted molar refractivity (Wildman–Crippen MR) is 120 cm³/mol. The van der Waals surface area contributed by atoms with E-state index in [1.807, 2.05) is 30.3 Å². The van der Waals surface area contributed by atoms with Crippen molar-refractivity contribution in [1.29, 1.82) is 0 Å². The molecule has 0 atom stereocenters. The maximum atomic E-state index is 12.6. The summed E-state index contributed by atoms with van der Waals surface area (Å²) in [4.78, 5) is 29.5. The molecule has 5 aromatic rings. The average Bonchev–Trinajstić information content (AvgIpc) is 3.17. The van der Waals surface area contributed by atoms with Crippen molar-refractivity contribution in [2.45, 2.75) is 6.92 Å². The molecule has 0 aliphatic heterocycles. The summed E-state index contributed by atoms with van der Waals surface area (Å²) in [5.74, 6) is -0.502. The third kappa shape index (κ3) is 3.38. The summed E-state index contributed by atoms with van der Waals surface area (Å²) >= 11 is 1.63. The largest absolute Gasteiger partial charge is 0.422 e. The lowest BCUT2D eigenvalue weighted by Gasteiger charge is -2.06. The number of aromatic nitrogens is 1. The van der Waals surface area contributed by atoms with Crippen LogP contribution >= 0.6 is 11.3 Å². The smallest absolute Gasteiger partial charge is 0.349 e. The molecule has 0 radical (unpaired) electrons. The van der Waals surface area contributed by atoms with Crippen LogP contribution < -0.4 is 10.9 Å². The van der Waals surface area contributed by atoms with Crippen LogP contribution in [0.2, 0.25) is 0 Å². The van der Waals surface area contributed by atoms with Gasteiger partial charge in [-0.15, -0.1) is 11.3 Å². The Morgan fingerprint density at radius 3 is 2.63 bits per heavy atom. The molecule has 1 N–H and O–H groups in total. The Morgan fingerprint density at radius 1 is 1.00 bits per heavy atom. The first kappa shape index (κ1) is 18.3. The van der Waals surface area contributed by atoms with Gasteiger partial charge in [-0.25, -0.2) is 9.78 Å². The molecule has 146 valence electrons. The number of aryl methyl sites for hydroxylation is 1. The second-order valence-electron chi connectivity index (χ2n) is 7.01. The Bertz CT molecular complexity index is 1470. The number of nitrogens with zero attached hydrogens (tertiary/aromatic N) is 1. The van der Waals surface area contributed by atoms with Gasteiger partial charge in [0.15, 0.2) is 0 Å². The summed E-state index contributed by atoms with van der Waals surface area (Å²) in [5.41, 5.74) is 3.50. The molecule has 6 heteroatoms. The molecule has 0 saturated heterocycles. The molecule has 0 bridgehead atoms. The van der Waals surface area contributed by atoms with Gasteiger partial charge in [-0.1, -0.05) is 24.3 Å². The van der Waals surface area contributed by atoms with Crippen LogP contribution in [0.4, 0.5) is 5.69 Å². The third-order valence-corrected chi connectivity index (χ3v) is 5.89. The zero-order valence-electron chi connectivity index (χ0n) is 16.0. The Kier molecular flexibility index (Phi) is 4.41. The Morgan fingerprint density at radius 2 is 1.80 bits per heavy atom. The number of carbonyl (C=O) groups excluding carboxylic acids is 1. The van der Waals surface area contributed by atoms with Gasteiger partial charge in [-0.05, 0) is 61.0 Å². The van der Waals surface area contributed by atoms with Crippen LogP contribution in [0.3, 0.4) is 0 Å². The number of thiazole rings is 1. The number of fused-ring (bicyclic) bond motifs is 2. The summed E-state index contributed by atoms with van der Waals surface area (Å²) in [6, 6.07) is 22.2. The zero-order valence-corrected chi connectivity index (χ0v) is 16.8. The van der Waals surface area contributed by atoms with E-state index in [-0.39, 0.29) is 5.56 Å². The van der Waals surface area contributed by atoms with Crippen molar-refractivity contribution >= 4 is 44.1 Å². The van der Waals surface area contributed by atoms with Crippen LogP contribution in [0.5, 0.6) is 0 Å². The zero-order chi connectivity index (χ0) is 20.7. The molecule has 0 aliphatic rings. The number of rotatable bonds is 3. The number of amides is 1. The topological polar surface area (TPSA) is 72.2 Å². The number of nitrogens with one attached hydrogen (secondary N) is 1. The molecule has 30 heavy (non-hydrogen) atoms. The number of anilines is 1. The van der Waals surface area contributed by atoms with Crippen molar-refractivity contribution in [3.05, 3.63) is 94.3 Å². The maximum Gasteiger partial charge on any atom is 0.349 e. The van der Waals surface area contributed by atoms with Gasteiger partial charge in [-0.2, -0.15) is 0 Å². The van der Waals surface area contributed by atoms with E-state index in [2.05, 4.69) is 23.3 Å². The molecule has 0 unspecified atom stereocenters. The van der Waals surface area contributed by atoms with Crippen molar-refractivity contribution in [1.82, 2.24) is 4.98 Å². The standard InChI is InChI=1S/C24H16N2O3S/c1-14-6-11-19-21(12-14)30-23(26-19)15-7-9-17(10-8-15)25-22(27)18-13-16-4-2-3-5-20(16)29-24(18)28/h2-13H,1H3,(H,25,27). The van der Waals surface area contributed by atoms with Crippen LogP contribution in [0.1, 0.15) is 15.9 Å². The van der Waals surface area contributed by atoms with Crippen LogP contribution in [0.25, 0.3) is 31.8 Å². The van der Waals surface area contributed by atoms with Crippen LogP contribution in [0.15, 0.2) is 82.0 Å². The summed E-state index contributed by atoms with van der Waals surface area (Å²) in [6.07, 6.45) is 0. The van der Waals surface area contributed by atoms with Gasteiger partial charge in [0, 0.05) is 16.6 Å². The predicted octanol–water partition coefficient (Wildman–Crippen LogP) is 5.63. The number of para-hydroxylation sites is 1. The molecule has 2 heterocycles. The first-order valence-electron chi connectivity index (χ1n) is 9.39. The van der Waals surface area contributed by atoms with E-state index >= 15 is 0 Å². The van der Waals surface area contributed by atoms with E-state index in [4.69, 9.17) is 4.42 Å². The molecule has 3 aromatic carbocycles. The molecule has 0 saturated carbocycles. The van der Waals surface area contributed by atoms with Gasteiger partial charge in [-0.3, -0.25) is 4.79 Å². The average molecular weight is 412 g/mol. The maximum absolute atomic E-state index is 12.6. The highest BCUT2D eigenvalue weighted by Gasteiger charge is 2.14. The van der Waals surface area contributed by atoms with Crippen LogP contribution in [0, 0.1) is 6.92 Å². The highest BCUT2D eigenvalue weighted by Crippen LogP contribution is 2.31. The van der Waals surface area contributed by atoms with E-state index in [0.717, 1.165) is 20.8 Å². The van der Waals surface area contributed by atoms with Crippen molar-refractivity contribution < 1.29 is 9.21 Å². The summed E-state index contributed by atoms with van der Waals surface area (Å²) < 4.78 is 6.39. The van der Waals surface area contributed by atoms with Crippen LogP contribution in [-0.2, 0) is 0 Å². The van der Waals surface area contributed by atoms with E-state index in [1.54, 1.807) is 47.7 Å². The lowest BCUT2D eigenvalue weighted by atomic mass is 10.1. The molecule has 0 fully saturated rings. The number of benzene rings is 3. The molecule has 5 rings (SSSR count). The first-order chi connectivity index (χ1) is 14.6. The minimum atomic E-state index is -0.660. The minimum absolute atomic E-state index is 0.0284. The fraction of sp³-hybridized carbons (Fsp3) is 0.0417. The SMILES string of the molecule is Cc1ccc2nc(-c3ccc(NC(=O)c4cc5ccccc5oc4=O)cc3)sc2c1. The number of hydrogen-bond donors (Lipinski definition) is 1. The third-order valence-electron chi connectivity index (χ3n) is 4.82. The lowest BCUT2D eigenvalue weighted by molar-refractivity contribution is 0.102. The quantitative estimate of drug-likeness (QED) is 0.390. The van der Waals surface area contributed by atoms with E-state index < -0.39 is 11.5 Å². The van der Waals surface area contributed by atoms with Crippen molar-refractivity contribution in [3.63, 3.8) is 0 Å². The second kappa shape index (κ2) is 7.24. The Balaban J connectivity index is 1.40. The normalized spacial score (nSPS) is 11.1. The van der Waals surface area contributed by atoms with Crippen LogP contribution in [-0.4, -0.2) is 10.9 Å². The summed E-state index contributed by atoms with van der Waals surface area (Å²) in [6.45, 7) is 2.06. The van der Waals surface area contributed by atoms with Gasteiger partial charge >= 0.3 is 5.63 Å². The van der Waals surface area contributed by atoms with Gasteiger partial charge in [0.2, 0.25) is 0 Å². The van der Waals surface area contributed by atoms with E-state index in [1.165, 1.54) is 5.56 Å². The highest BCUT2D eigenvalue weighted by molar-refractivity contribution is 7.21. The monoisotopic (exact) mass is 412 g/mol. The first-order valence-corrected chi connectivity index (χ1v) is 10.2. The second-order valence-corrected chi connectivity index (χ2v) is 8.04. The van der Waals surface area contributed by atoms with Gasteiger partial charge in [0.25, 0.3) is 5.91 Å². The molecule has 0 aliphatic carbocycles. The fourth-order valence-electron chi connectivity index (χ4n) is 3.27. The van der Waals surface area contributed by atoms with Crippen molar-refractivity contribution in [2.24, 2.45) is 0 Å². The van der Waals surface area contributed by atoms with Gasteiger partial charge in [0.05, 0.1) is 10.2 Å². The van der Waals surface area contributed by atoms with Gasteiger partial charge in [0.1, 0.15) is 16.2 Å². The summed E-state index contributed by atoms with van der Waals surface area (Å²) in [5, 5.41) is 4.38. The molecular formula is C24H16N2O3S. The Labute approximate surface area is 175 Å². The summed E-state index contributed by atoms with van der Waals surface area (Å²) in [7, 11) is 0. The molecular weight excluding hydrogens is 396 g/mol. The molecule has 5 nitrogen and oxygen atoms in total. The molecule has 1 amide bonds. The van der Waals surface area contributed by atoms with Gasteiger partial charge < -0.3 is 9.73 Å². The fourth-order valence-corrected chi connectivity index (χ4v) is 4.34.